The maximum Gasteiger partial charge on any atom is 0.222 e. The van der Waals surface area contributed by atoms with Crippen molar-refractivity contribution in [2.45, 2.75) is 25.3 Å². The van der Waals surface area contributed by atoms with Gasteiger partial charge in [0.25, 0.3) is 0 Å². The third-order valence-corrected chi connectivity index (χ3v) is 5.58. The van der Waals surface area contributed by atoms with Gasteiger partial charge in [-0.2, -0.15) is 0 Å². The van der Waals surface area contributed by atoms with Crippen molar-refractivity contribution in [3.63, 3.8) is 0 Å². The van der Waals surface area contributed by atoms with Gasteiger partial charge in [0, 0.05) is 51.7 Å². The van der Waals surface area contributed by atoms with Crippen molar-refractivity contribution in [3.05, 3.63) is 17.7 Å². The summed E-state index contributed by atoms with van der Waals surface area (Å²) < 4.78 is 16.3. The third-order valence-electron chi connectivity index (χ3n) is 5.58. The lowest BCUT2D eigenvalue weighted by atomic mass is 10.1. The number of aryl methyl sites for hydroxylation is 1. The van der Waals surface area contributed by atoms with Crippen molar-refractivity contribution < 1.29 is 19.0 Å². The standard InChI is InChI=1S/C20H31N3O4.ClH/c1-25-17-6-4-15(19(26-2)20(17)27-3)5-7-18(24)23-11-8-16(14-23)22-12-9-21-10-13-22;/h4,6,16,21H,5,7-14H2,1-3H3;1H. The Hall–Kier alpha value is -1.70. The number of piperazine rings is 1. The van der Waals surface area contributed by atoms with Gasteiger partial charge in [-0.3, -0.25) is 9.69 Å². The van der Waals surface area contributed by atoms with E-state index in [0.29, 0.717) is 36.1 Å². The molecule has 1 amide bonds. The van der Waals surface area contributed by atoms with E-state index in [0.717, 1.165) is 51.3 Å². The number of halogens is 1. The SMILES string of the molecule is COc1ccc(CCC(=O)N2CCC(N3CCNCC3)C2)c(OC)c1OC.Cl. The molecular formula is C20H32ClN3O4. The van der Waals surface area contributed by atoms with E-state index in [1.165, 1.54) is 0 Å². The van der Waals surface area contributed by atoms with Crippen molar-refractivity contribution in [2.75, 3.05) is 60.6 Å². The second-order valence-electron chi connectivity index (χ2n) is 7.06. The molecule has 2 fully saturated rings. The largest absolute Gasteiger partial charge is 0.493 e. The zero-order chi connectivity index (χ0) is 19.2. The molecule has 2 saturated heterocycles. The number of nitrogens with zero attached hydrogens (tertiary/aromatic N) is 2. The minimum absolute atomic E-state index is 0. The Morgan fingerprint density at radius 1 is 1.07 bits per heavy atom. The quantitative estimate of drug-likeness (QED) is 0.732. The van der Waals surface area contributed by atoms with Gasteiger partial charge in [0.2, 0.25) is 11.7 Å². The van der Waals surface area contributed by atoms with Crippen LogP contribution in [0.5, 0.6) is 17.2 Å². The number of carbonyl (C=O) groups excluding carboxylic acids is 1. The minimum atomic E-state index is 0. The first-order valence-corrected chi connectivity index (χ1v) is 9.68. The highest BCUT2D eigenvalue weighted by molar-refractivity contribution is 5.85. The van der Waals surface area contributed by atoms with E-state index in [4.69, 9.17) is 14.2 Å². The lowest BCUT2D eigenvalue weighted by molar-refractivity contribution is -0.130. The molecule has 1 aromatic rings. The second-order valence-corrected chi connectivity index (χ2v) is 7.06. The Kier molecular flexibility index (Phi) is 8.66. The molecule has 1 aromatic carbocycles. The van der Waals surface area contributed by atoms with Crippen LogP contribution in [0.3, 0.4) is 0 Å². The van der Waals surface area contributed by atoms with Gasteiger partial charge in [-0.15, -0.1) is 12.4 Å². The van der Waals surface area contributed by atoms with Crippen LogP contribution in [0.4, 0.5) is 0 Å². The molecule has 2 heterocycles. The fourth-order valence-corrected chi connectivity index (χ4v) is 4.07. The Bertz CT molecular complexity index is 653. The molecule has 1 atom stereocenters. The molecule has 0 spiro atoms. The number of ether oxygens (including phenoxy) is 3. The maximum absolute atomic E-state index is 12.7. The molecule has 28 heavy (non-hydrogen) atoms. The Morgan fingerprint density at radius 3 is 2.43 bits per heavy atom. The van der Waals surface area contributed by atoms with E-state index in [1.54, 1.807) is 21.3 Å². The molecule has 2 aliphatic rings. The molecule has 2 aliphatic heterocycles. The number of nitrogens with one attached hydrogen (secondary N) is 1. The van der Waals surface area contributed by atoms with Crippen LogP contribution in [0.25, 0.3) is 0 Å². The molecule has 0 aromatic heterocycles. The molecule has 158 valence electrons. The van der Waals surface area contributed by atoms with Gasteiger partial charge in [-0.05, 0) is 24.5 Å². The van der Waals surface area contributed by atoms with Gasteiger partial charge in [0.1, 0.15) is 0 Å². The minimum Gasteiger partial charge on any atom is -0.493 e. The van der Waals surface area contributed by atoms with E-state index >= 15 is 0 Å². The van der Waals surface area contributed by atoms with Crippen LogP contribution >= 0.6 is 12.4 Å². The summed E-state index contributed by atoms with van der Waals surface area (Å²) >= 11 is 0. The lowest BCUT2D eigenvalue weighted by Gasteiger charge is -2.32. The normalized spacial score (nSPS) is 19.8. The van der Waals surface area contributed by atoms with Crippen molar-refractivity contribution in [2.24, 2.45) is 0 Å². The van der Waals surface area contributed by atoms with Crippen LogP contribution in [0.2, 0.25) is 0 Å². The Labute approximate surface area is 173 Å². The summed E-state index contributed by atoms with van der Waals surface area (Å²) in [6.45, 7) is 5.95. The average Bonchev–Trinajstić information content (AvgIpc) is 3.22. The number of hydrogen-bond acceptors (Lipinski definition) is 6. The number of amides is 1. The zero-order valence-corrected chi connectivity index (χ0v) is 17.8. The first-order valence-electron chi connectivity index (χ1n) is 9.68. The van der Waals surface area contributed by atoms with Crippen LogP contribution in [0.1, 0.15) is 18.4 Å². The number of methoxy groups -OCH3 is 3. The summed E-state index contributed by atoms with van der Waals surface area (Å²) in [4.78, 5) is 17.3. The van der Waals surface area contributed by atoms with Crippen molar-refractivity contribution in [1.82, 2.24) is 15.1 Å². The van der Waals surface area contributed by atoms with Crippen molar-refractivity contribution in [3.8, 4) is 17.2 Å². The van der Waals surface area contributed by atoms with Gasteiger partial charge in [-0.25, -0.2) is 0 Å². The van der Waals surface area contributed by atoms with Crippen molar-refractivity contribution in [1.29, 1.82) is 0 Å². The smallest absolute Gasteiger partial charge is 0.222 e. The Balaban J connectivity index is 0.00000280. The maximum atomic E-state index is 12.7. The molecule has 0 saturated carbocycles. The number of likely N-dealkylation sites (tertiary alicyclic amines) is 1. The summed E-state index contributed by atoms with van der Waals surface area (Å²) in [6.07, 6.45) is 2.17. The molecule has 0 radical (unpaired) electrons. The van der Waals surface area contributed by atoms with Gasteiger partial charge in [0.05, 0.1) is 21.3 Å². The zero-order valence-electron chi connectivity index (χ0n) is 17.0. The molecule has 0 aliphatic carbocycles. The summed E-state index contributed by atoms with van der Waals surface area (Å²) in [7, 11) is 4.81. The van der Waals surface area contributed by atoms with Crippen LogP contribution in [-0.2, 0) is 11.2 Å². The van der Waals surface area contributed by atoms with E-state index in [2.05, 4.69) is 10.2 Å². The number of hydrogen-bond donors (Lipinski definition) is 1. The fourth-order valence-electron chi connectivity index (χ4n) is 4.07. The highest BCUT2D eigenvalue weighted by atomic mass is 35.5. The molecular weight excluding hydrogens is 382 g/mol. The predicted molar refractivity (Wildman–Crippen MR) is 111 cm³/mol. The topological polar surface area (TPSA) is 63.3 Å². The van der Waals surface area contributed by atoms with Crippen LogP contribution in [-0.4, -0.2) is 82.3 Å². The lowest BCUT2D eigenvalue weighted by Crippen LogP contribution is -2.49. The third kappa shape index (κ3) is 5.01. The van der Waals surface area contributed by atoms with Crippen molar-refractivity contribution >= 4 is 18.3 Å². The molecule has 3 rings (SSSR count). The average molecular weight is 414 g/mol. The summed E-state index contributed by atoms with van der Waals surface area (Å²) in [5, 5.41) is 3.39. The van der Waals surface area contributed by atoms with E-state index in [-0.39, 0.29) is 18.3 Å². The van der Waals surface area contributed by atoms with Gasteiger partial charge < -0.3 is 24.4 Å². The number of benzene rings is 1. The van der Waals surface area contributed by atoms with Gasteiger partial charge in [-0.1, -0.05) is 6.07 Å². The van der Waals surface area contributed by atoms with E-state index in [9.17, 15) is 4.79 Å². The monoisotopic (exact) mass is 413 g/mol. The number of rotatable bonds is 7. The highest BCUT2D eigenvalue weighted by Crippen LogP contribution is 2.40. The summed E-state index contributed by atoms with van der Waals surface area (Å²) in [5.74, 6) is 2.06. The highest BCUT2D eigenvalue weighted by Gasteiger charge is 2.30. The fraction of sp³-hybridized carbons (Fsp3) is 0.650. The van der Waals surface area contributed by atoms with Crippen LogP contribution < -0.4 is 19.5 Å². The predicted octanol–water partition coefficient (Wildman–Crippen LogP) is 1.57. The van der Waals surface area contributed by atoms with Crippen LogP contribution in [0.15, 0.2) is 12.1 Å². The van der Waals surface area contributed by atoms with Crippen LogP contribution in [0, 0.1) is 0 Å². The molecule has 8 heteroatoms. The first kappa shape index (κ1) is 22.6. The number of carbonyl (C=O) groups is 1. The van der Waals surface area contributed by atoms with Gasteiger partial charge >= 0.3 is 0 Å². The first-order chi connectivity index (χ1) is 13.2. The summed E-state index contributed by atoms with van der Waals surface area (Å²) in [6, 6.07) is 4.31. The molecule has 1 unspecified atom stereocenters. The molecule has 7 nitrogen and oxygen atoms in total. The Morgan fingerprint density at radius 2 is 1.79 bits per heavy atom. The van der Waals surface area contributed by atoms with E-state index in [1.807, 2.05) is 17.0 Å². The molecule has 0 bridgehead atoms. The van der Waals surface area contributed by atoms with E-state index < -0.39 is 0 Å². The second kappa shape index (κ2) is 10.7. The molecule has 1 N–H and O–H groups in total. The summed E-state index contributed by atoms with van der Waals surface area (Å²) in [5.41, 5.74) is 0.960. The van der Waals surface area contributed by atoms with Gasteiger partial charge in [0.15, 0.2) is 11.5 Å².